The van der Waals surface area contributed by atoms with Gasteiger partial charge in [0, 0.05) is 24.2 Å². The van der Waals surface area contributed by atoms with Crippen LogP contribution in [0.1, 0.15) is 17.8 Å². The summed E-state index contributed by atoms with van der Waals surface area (Å²) >= 11 is 7.61. The number of halogens is 1. The molecule has 154 valence electrons. The van der Waals surface area contributed by atoms with Gasteiger partial charge >= 0.3 is 0 Å². The molecule has 0 aliphatic carbocycles. The highest BCUT2D eigenvalue weighted by atomic mass is 35.5. The highest BCUT2D eigenvalue weighted by Gasteiger charge is 2.16. The lowest BCUT2D eigenvalue weighted by Crippen LogP contribution is -2.13. The second-order valence-corrected chi connectivity index (χ2v) is 8.52. The van der Waals surface area contributed by atoms with E-state index >= 15 is 0 Å². The Bertz CT molecular complexity index is 1220. The number of nitrogens with one attached hydrogen (secondary N) is 1. The number of hydrogen-bond donors (Lipinski definition) is 1. The normalized spacial score (nSPS) is 11.2. The molecule has 1 amide bonds. The molecule has 0 aliphatic rings. The smallest absolute Gasteiger partial charge is 0.225 e. The molecule has 0 fully saturated rings. The van der Waals surface area contributed by atoms with E-state index in [-0.39, 0.29) is 5.91 Å². The first-order valence-electron chi connectivity index (χ1n) is 9.60. The van der Waals surface area contributed by atoms with Gasteiger partial charge < -0.3 is 9.88 Å². The molecule has 4 aromatic rings. The highest BCUT2D eigenvalue weighted by Crippen LogP contribution is 2.26. The molecule has 1 N–H and O–H groups in total. The average molecular weight is 440 g/mol. The number of benzene rings is 2. The third kappa shape index (κ3) is 4.08. The molecule has 0 bridgehead atoms. The molecule has 0 saturated carbocycles. The minimum atomic E-state index is -0.0388. The Labute approximate surface area is 184 Å². The summed E-state index contributed by atoms with van der Waals surface area (Å²) in [6, 6.07) is 15.5. The lowest BCUT2D eigenvalue weighted by atomic mass is 10.3. The van der Waals surface area contributed by atoms with Gasteiger partial charge in [0.15, 0.2) is 5.16 Å². The van der Waals surface area contributed by atoms with Gasteiger partial charge in [0.1, 0.15) is 0 Å². The number of rotatable bonds is 6. The van der Waals surface area contributed by atoms with Gasteiger partial charge in [-0.1, -0.05) is 41.6 Å². The van der Waals surface area contributed by atoms with Crippen LogP contribution in [0.4, 0.5) is 5.69 Å². The first-order valence-corrected chi connectivity index (χ1v) is 11.0. The summed E-state index contributed by atoms with van der Waals surface area (Å²) in [6.45, 7) is 3.86. The first kappa shape index (κ1) is 20.5. The van der Waals surface area contributed by atoms with Crippen LogP contribution in [0.5, 0.6) is 0 Å². The standard InChI is InChI=1S/C22H22ClN5OS/c1-14-21(15(2)28(26-14)17-7-5-4-6-8-17)25-20(29)11-12-30-22-24-18-13-16(23)9-10-19(18)27(22)3/h4-10,13H,11-12H2,1-3H3,(H,25,29). The number of carbonyl (C=O) groups is 1. The van der Waals surface area contributed by atoms with Crippen LogP contribution in [0.15, 0.2) is 53.7 Å². The van der Waals surface area contributed by atoms with E-state index in [9.17, 15) is 4.79 Å². The minimum Gasteiger partial charge on any atom is -0.323 e. The third-order valence-corrected chi connectivity index (χ3v) is 6.19. The van der Waals surface area contributed by atoms with Gasteiger partial charge in [-0.05, 0) is 44.2 Å². The van der Waals surface area contributed by atoms with Gasteiger partial charge in [-0.2, -0.15) is 5.10 Å². The zero-order chi connectivity index (χ0) is 21.3. The number of hydrogen-bond acceptors (Lipinski definition) is 4. The summed E-state index contributed by atoms with van der Waals surface area (Å²) in [5.41, 5.74) is 5.32. The lowest BCUT2D eigenvalue weighted by Gasteiger charge is -2.07. The third-order valence-electron chi connectivity index (χ3n) is 4.92. The monoisotopic (exact) mass is 439 g/mol. The van der Waals surface area contributed by atoms with Gasteiger partial charge in [-0.3, -0.25) is 4.79 Å². The number of amides is 1. The zero-order valence-electron chi connectivity index (χ0n) is 17.0. The van der Waals surface area contributed by atoms with E-state index in [4.69, 9.17) is 11.6 Å². The van der Waals surface area contributed by atoms with Crippen molar-refractivity contribution in [1.82, 2.24) is 19.3 Å². The SMILES string of the molecule is Cc1nn(-c2ccccc2)c(C)c1NC(=O)CCSc1nc2cc(Cl)ccc2n1C. The second kappa shape index (κ2) is 8.53. The summed E-state index contributed by atoms with van der Waals surface area (Å²) in [5.74, 6) is 0.588. The van der Waals surface area contributed by atoms with E-state index < -0.39 is 0 Å². The Balaban J connectivity index is 1.40. The lowest BCUT2D eigenvalue weighted by molar-refractivity contribution is -0.115. The number of aromatic nitrogens is 4. The van der Waals surface area contributed by atoms with Gasteiger partial charge in [-0.25, -0.2) is 9.67 Å². The molecule has 2 heterocycles. The topological polar surface area (TPSA) is 64.7 Å². The van der Waals surface area contributed by atoms with Crippen molar-refractivity contribution in [2.45, 2.75) is 25.4 Å². The Morgan fingerprint density at radius 1 is 1.17 bits per heavy atom. The number of carbonyl (C=O) groups excluding carboxylic acids is 1. The summed E-state index contributed by atoms with van der Waals surface area (Å²) in [5, 5.41) is 9.13. The van der Waals surface area contributed by atoms with Crippen molar-refractivity contribution in [1.29, 1.82) is 0 Å². The van der Waals surface area contributed by atoms with Crippen LogP contribution >= 0.6 is 23.4 Å². The Kier molecular flexibility index (Phi) is 5.83. The molecule has 0 radical (unpaired) electrons. The molecule has 0 unspecified atom stereocenters. The highest BCUT2D eigenvalue weighted by molar-refractivity contribution is 7.99. The van der Waals surface area contributed by atoms with Gasteiger partial charge in [0.2, 0.25) is 5.91 Å². The molecule has 6 nitrogen and oxygen atoms in total. The molecule has 4 rings (SSSR count). The number of nitrogens with zero attached hydrogens (tertiary/aromatic N) is 4. The predicted molar refractivity (Wildman–Crippen MR) is 123 cm³/mol. The van der Waals surface area contributed by atoms with Crippen LogP contribution in [0.3, 0.4) is 0 Å². The number of fused-ring (bicyclic) bond motifs is 1. The Morgan fingerprint density at radius 2 is 1.93 bits per heavy atom. The number of imidazole rings is 1. The van der Waals surface area contributed by atoms with Crippen molar-refractivity contribution in [3.8, 4) is 5.69 Å². The maximum absolute atomic E-state index is 12.5. The maximum atomic E-state index is 12.5. The Morgan fingerprint density at radius 3 is 2.70 bits per heavy atom. The molecule has 2 aromatic carbocycles. The number of aryl methyl sites for hydroxylation is 2. The fourth-order valence-electron chi connectivity index (χ4n) is 3.36. The summed E-state index contributed by atoms with van der Waals surface area (Å²) in [6.07, 6.45) is 0.379. The van der Waals surface area contributed by atoms with E-state index in [1.165, 1.54) is 0 Å². The van der Waals surface area contributed by atoms with E-state index in [0.717, 1.165) is 39.0 Å². The van der Waals surface area contributed by atoms with Crippen LogP contribution in [-0.2, 0) is 11.8 Å². The van der Waals surface area contributed by atoms with Crippen LogP contribution in [-0.4, -0.2) is 31.0 Å². The van der Waals surface area contributed by atoms with Crippen molar-refractivity contribution in [3.05, 3.63) is 64.9 Å². The fourth-order valence-corrected chi connectivity index (χ4v) is 4.45. The molecular weight excluding hydrogens is 418 g/mol. The molecule has 0 aliphatic heterocycles. The molecule has 2 aromatic heterocycles. The van der Waals surface area contributed by atoms with Crippen LogP contribution in [0.2, 0.25) is 5.02 Å². The van der Waals surface area contributed by atoms with Gasteiger partial charge in [-0.15, -0.1) is 0 Å². The summed E-state index contributed by atoms with van der Waals surface area (Å²) in [7, 11) is 1.97. The quantitative estimate of drug-likeness (QED) is 0.422. The van der Waals surface area contributed by atoms with E-state index in [2.05, 4.69) is 15.4 Å². The number of anilines is 1. The number of thioether (sulfide) groups is 1. The predicted octanol–water partition coefficient (Wildman–Crippen LogP) is 5.15. The van der Waals surface area contributed by atoms with Crippen LogP contribution in [0.25, 0.3) is 16.7 Å². The summed E-state index contributed by atoms with van der Waals surface area (Å²) in [4.78, 5) is 17.2. The van der Waals surface area contributed by atoms with Crippen molar-refractivity contribution in [2.75, 3.05) is 11.1 Å². The second-order valence-electron chi connectivity index (χ2n) is 7.03. The average Bonchev–Trinajstić information content (AvgIpc) is 3.19. The maximum Gasteiger partial charge on any atom is 0.225 e. The Hall–Kier alpha value is -2.77. The van der Waals surface area contributed by atoms with E-state index in [0.29, 0.717) is 17.2 Å². The fraction of sp³-hybridized carbons (Fsp3) is 0.227. The molecule has 0 atom stereocenters. The molecule has 30 heavy (non-hydrogen) atoms. The van der Waals surface area contributed by atoms with Crippen molar-refractivity contribution in [3.63, 3.8) is 0 Å². The molecule has 0 saturated heterocycles. The molecular formula is C22H22ClN5OS. The minimum absolute atomic E-state index is 0.0388. The van der Waals surface area contributed by atoms with Gasteiger partial charge in [0.05, 0.1) is 33.8 Å². The van der Waals surface area contributed by atoms with E-state index in [1.807, 2.05) is 78.7 Å². The molecule has 8 heteroatoms. The van der Waals surface area contributed by atoms with Crippen molar-refractivity contribution >= 4 is 46.0 Å². The van der Waals surface area contributed by atoms with Crippen LogP contribution in [0, 0.1) is 13.8 Å². The molecule has 0 spiro atoms. The zero-order valence-corrected chi connectivity index (χ0v) is 18.6. The largest absolute Gasteiger partial charge is 0.323 e. The van der Waals surface area contributed by atoms with Crippen molar-refractivity contribution < 1.29 is 4.79 Å². The summed E-state index contributed by atoms with van der Waals surface area (Å²) < 4.78 is 3.87. The first-order chi connectivity index (χ1) is 14.4. The van der Waals surface area contributed by atoms with E-state index in [1.54, 1.807) is 11.8 Å². The number of para-hydroxylation sites is 1. The van der Waals surface area contributed by atoms with Gasteiger partial charge in [0.25, 0.3) is 0 Å². The van der Waals surface area contributed by atoms with Crippen molar-refractivity contribution in [2.24, 2.45) is 7.05 Å². The van der Waals surface area contributed by atoms with Crippen LogP contribution < -0.4 is 5.32 Å².